The number of aromatic amines is 1. The molecule has 0 aliphatic carbocycles. The molecule has 0 atom stereocenters. The quantitative estimate of drug-likeness (QED) is 0.741. The Morgan fingerprint density at radius 3 is 2.80 bits per heavy atom. The molecule has 2 aromatic heterocycles. The predicted octanol–water partition coefficient (Wildman–Crippen LogP) is 2.80. The van der Waals surface area contributed by atoms with E-state index in [4.69, 9.17) is 4.74 Å². The number of rotatable bonds is 3. The first-order valence-corrected chi connectivity index (χ1v) is 6.36. The van der Waals surface area contributed by atoms with Crippen molar-refractivity contribution in [2.24, 2.45) is 0 Å². The van der Waals surface area contributed by atoms with Crippen molar-refractivity contribution in [3.05, 3.63) is 48.2 Å². The third-order valence-corrected chi connectivity index (χ3v) is 3.01. The molecule has 100 valence electrons. The van der Waals surface area contributed by atoms with Crippen molar-refractivity contribution in [1.29, 1.82) is 0 Å². The highest BCUT2D eigenvalue weighted by Crippen LogP contribution is 2.25. The zero-order chi connectivity index (χ0) is 13.9. The third kappa shape index (κ3) is 2.14. The number of ether oxygens (including phenoxy) is 1. The first kappa shape index (κ1) is 12.3. The molecule has 3 aromatic rings. The Hall–Kier alpha value is -2.69. The Morgan fingerprint density at radius 2 is 2.05 bits per heavy atom. The number of carbonyl (C=O) groups is 1. The second-order valence-corrected chi connectivity index (χ2v) is 4.27. The highest BCUT2D eigenvalue weighted by Gasteiger charge is 2.10. The van der Waals surface area contributed by atoms with Gasteiger partial charge in [0.15, 0.2) is 5.65 Å². The third-order valence-electron chi connectivity index (χ3n) is 3.01. The van der Waals surface area contributed by atoms with Gasteiger partial charge in [0.2, 0.25) is 0 Å². The summed E-state index contributed by atoms with van der Waals surface area (Å²) in [4.78, 5) is 15.8. The summed E-state index contributed by atoms with van der Waals surface area (Å²) in [6.45, 7) is 2.16. The molecule has 0 aliphatic heterocycles. The maximum atomic E-state index is 11.6. The van der Waals surface area contributed by atoms with Crippen LogP contribution in [0.5, 0.6) is 0 Å². The van der Waals surface area contributed by atoms with Crippen LogP contribution in [0.15, 0.2) is 42.6 Å². The summed E-state index contributed by atoms with van der Waals surface area (Å²) >= 11 is 0. The summed E-state index contributed by atoms with van der Waals surface area (Å²) in [6, 6.07) is 11.1. The number of H-pyrrole nitrogens is 1. The molecule has 0 spiro atoms. The van der Waals surface area contributed by atoms with Crippen molar-refractivity contribution < 1.29 is 9.53 Å². The SMILES string of the molecule is CCOC(=O)c1ccc(-c2[nH]nc3ncccc23)cc1. The molecule has 0 radical (unpaired) electrons. The fourth-order valence-corrected chi connectivity index (χ4v) is 2.06. The largest absolute Gasteiger partial charge is 0.462 e. The average Bonchev–Trinajstić information content (AvgIpc) is 2.92. The Morgan fingerprint density at radius 1 is 1.25 bits per heavy atom. The van der Waals surface area contributed by atoms with Gasteiger partial charge in [-0.2, -0.15) is 5.10 Å². The van der Waals surface area contributed by atoms with Crippen LogP contribution in [0, 0.1) is 0 Å². The van der Waals surface area contributed by atoms with Gasteiger partial charge in [-0.1, -0.05) is 12.1 Å². The number of hydrogen-bond acceptors (Lipinski definition) is 4. The number of pyridine rings is 1. The molecule has 20 heavy (non-hydrogen) atoms. The smallest absolute Gasteiger partial charge is 0.338 e. The van der Waals surface area contributed by atoms with Crippen LogP contribution in [0.25, 0.3) is 22.3 Å². The Balaban J connectivity index is 1.97. The molecule has 0 saturated heterocycles. The monoisotopic (exact) mass is 267 g/mol. The second kappa shape index (κ2) is 5.13. The maximum absolute atomic E-state index is 11.6. The average molecular weight is 267 g/mol. The van der Waals surface area contributed by atoms with E-state index in [0.29, 0.717) is 17.8 Å². The van der Waals surface area contributed by atoms with Crippen LogP contribution in [-0.2, 0) is 4.74 Å². The predicted molar refractivity (Wildman–Crippen MR) is 75.3 cm³/mol. The van der Waals surface area contributed by atoms with Gasteiger partial charge in [-0.15, -0.1) is 0 Å². The molecule has 0 aliphatic rings. The van der Waals surface area contributed by atoms with Crippen LogP contribution in [0.2, 0.25) is 0 Å². The zero-order valence-electron chi connectivity index (χ0n) is 11.0. The standard InChI is InChI=1S/C15H13N3O2/c1-2-20-15(19)11-7-5-10(6-8-11)13-12-4-3-9-16-14(12)18-17-13/h3-9H,2H2,1H3,(H,16,17,18). The molecule has 2 heterocycles. The van der Waals surface area contributed by atoms with E-state index in [0.717, 1.165) is 16.6 Å². The minimum atomic E-state index is -0.310. The minimum absolute atomic E-state index is 0.310. The van der Waals surface area contributed by atoms with E-state index in [-0.39, 0.29) is 5.97 Å². The van der Waals surface area contributed by atoms with Gasteiger partial charge in [0, 0.05) is 17.1 Å². The molecule has 0 fully saturated rings. The van der Waals surface area contributed by atoms with Gasteiger partial charge in [0.25, 0.3) is 0 Å². The normalized spacial score (nSPS) is 10.7. The molecular weight excluding hydrogens is 254 g/mol. The van der Waals surface area contributed by atoms with Gasteiger partial charge in [0.1, 0.15) is 0 Å². The van der Waals surface area contributed by atoms with Gasteiger partial charge in [-0.25, -0.2) is 9.78 Å². The molecule has 1 N–H and O–H groups in total. The van der Waals surface area contributed by atoms with Gasteiger partial charge in [-0.3, -0.25) is 5.10 Å². The highest BCUT2D eigenvalue weighted by atomic mass is 16.5. The number of esters is 1. The molecule has 5 heteroatoms. The number of carbonyl (C=O) groups excluding carboxylic acids is 1. The molecule has 0 unspecified atom stereocenters. The van der Waals surface area contributed by atoms with E-state index < -0.39 is 0 Å². The van der Waals surface area contributed by atoms with Crippen molar-refractivity contribution in [2.45, 2.75) is 6.92 Å². The summed E-state index contributed by atoms with van der Waals surface area (Å²) in [5, 5.41) is 8.08. The molecule has 3 rings (SSSR count). The van der Waals surface area contributed by atoms with Crippen molar-refractivity contribution in [2.75, 3.05) is 6.61 Å². The summed E-state index contributed by atoms with van der Waals surface area (Å²) < 4.78 is 4.96. The van der Waals surface area contributed by atoms with Crippen molar-refractivity contribution in [3.8, 4) is 11.3 Å². The van der Waals surface area contributed by atoms with Crippen molar-refractivity contribution in [3.63, 3.8) is 0 Å². The van der Waals surface area contributed by atoms with Crippen LogP contribution < -0.4 is 0 Å². The van der Waals surface area contributed by atoms with Crippen LogP contribution in [0.4, 0.5) is 0 Å². The first-order chi connectivity index (χ1) is 9.79. The minimum Gasteiger partial charge on any atom is -0.462 e. The van der Waals surface area contributed by atoms with Crippen molar-refractivity contribution in [1.82, 2.24) is 15.2 Å². The van der Waals surface area contributed by atoms with E-state index in [9.17, 15) is 4.79 Å². The Kier molecular flexibility index (Phi) is 3.16. The van der Waals surface area contributed by atoms with Gasteiger partial charge < -0.3 is 4.74 Å². The molecule has 0 amide bonds. The summed E-state index contributed by atoms with van der Waals surface area (Å²) in [7, 11) is 0. The topological polar surface area (TPSA) is 67.9 Å². The van der Waals surface area contributed by atoms with Crippen LogP contribution in [-0.4, -0.2) is 27.8 Å². The number of hydrogen-bond donors (Lipinski definition) is 1. The molecule has 1 aromatic carbocycles. The number of nitrogens with zero attached hydrogens (tertiary/aromatic N) is 2. The fourth-order valence-electron chi connectivity index (χ4n) is 2.06. The van der Waals surface area contributed by atoms with E-state index in [1.807, 2.05) is 24.3 Å². The molecule has 0 saturated carbocycles. The molecule has 5 nitrogen and oxygen atoms in total. The fraction of sp³-hybridized carbons (Fsp3) is 0.133. The molecule has 0 bridgehead atoms. The first-order valence-electron chi connectivity index (χ1n) is 6.36. The number of nitrogens with one attached hydrogen (secondary N) is 1. The van der Waals surface area contributed by atoms with E-state index in [2.05, 4.69) is 15.2 Å². The number of fused-ring (bicyclic) bond motifs is 1. The lowest BCUT2D eigenvalue weighted by Gasteiger charge is -2.03. The van der Waals surface area contributed by atoms with E-state index >= 15 is 0 Å². The van der Waals surface area contributed by atoms with Crippen LogP contribution in [0.1, 0.15) is 17.3 Å². The second-order valence-electron chi connectivity index (χ2n) is 4.27. The van der Waals surface area contributed by atoms with Crippen LogP contribution in [0.3, 0.4) is 0 Å². The maximum Gasteiger partial charge on any atom is 0.338 e. The van der Waals surface area contributed by atoms with Gasteiger partial charge >= 0.3 is 5.97 Å². The van der Waals surface area contributed by atoms with Crippen LogP contribution >= 0.6 is 0 Å². The van der Waals surface area contributed by atoms with Gasteiger partial charge in [0.05, 0.1) is 17.9 Å². The van der Waals surface area contributed by atoms with Crippen molar-refractivity contribution >= 4 is 17.0 Å². The molecular formula is C15H13N3O2. The lowest BCUT2D eigenvalue weighted by molar-refractivity contribution is 0.0526. The Labute approximate surface area is 115 Å². The number of aromatic nitrogens is 3. The summed E-state index contributed by atoms with van der Waals surface area (Å²) in [5.74, 6) is -0.310. The zero-order valence-corrected chi connectivity index (χ0v) is 11.0. The summed E-state index contributed by atoms with van der Waals surface area (Å²) in [5.41, 5.74) is 3.06. The van der Waals surface area contributed by atoms with Gasteiger partial charge in [-0.05, 0) is 31.2 Å². The van der Waals surface area contributed by atoms with E-state index in [1.54, 1.807) is 25.3 Å². The Bertz CT molecular complexity index is 747. The summed E-state index contributed by atoms with van der Waals surface area (Å²) in [6.07, 6.45) is 1.71. The lowest BCUT2D eigenvalue weighted by Crippen LogP contribution is -2.04. The van der Waals surface area contributed by atoms with E-state index in [1.165, 1.54) is 0 Å². The lowest BCUT2D eigenvalue weighted by atomic mass is 10.1. The number of benzene rings is 1. The highest BCUT2D eigenvalue weighted by molar-refractivity contribution is 5.93.